The number of esters is 1. The molecular formula is C18H16N2O7. The first-order valence-electron chi connectivity index (χ1n) is 8.02. The van der Waals surface area contributed by atoms with Gasteiger partial charge in [0, 0.05) is 12.6 Å². The molecule has 0 atom stereocenters. The van der Waals surface area contributed by atoms with Gasteiger partial charge in [-0.3, -0.25) is 14.9 Å². The van der Waals surface area contributed by atoms with Crippen LogP contribution in [0.2, 0.25) is 0 Å². The molecule has 9 nitrogen and oxygen atoms in total. The zero-order chi connectivity index (χ0) is 19.4. The number of carbonyl (C=O) groups excluding carboxylic acids is 2. The van der Waals surface area contributed by atoms with Crippen LogP contribution in [-0.2, 0) is 16.1 Å². The summed E-state index contributed by atoms with van der Waals surface area (Å²) in [4.78, 5) is 34.6. The first kappa shape index (κ1) is 18.2. The summed E-state index contributed by atoms with van der Waals surface area (Å²) in [5.41, 5.74) is 1.16. The Bertz CT molecular complexity index is 911. The van der Waals surface area contributed by atoms with Gasteiger partial charge >= 0.3 is 5.97 Å². The monoisotopic (exact) mass is 372 g/mol. The molecule has 27 heavy (non-hydrogen) atoms. The maximum atomic E-state index is 12.2. The fourth-order valence-electron chi connectivity index (χ4n) is 2.51. The van der Waals surface area contributed by atoms with Gasteiger partial charge in [-0.2, -0.15) is 0 Å². The van der Waals surface area contributed by atoms with E-state index in [0.717, 1.165) is 17.2 Å². The molecule has 1 aliphatic rings. The van der Waals surface area contributed by atoms with Crippen molar-refractivity contribution in [1.29, 1.82) is 0 Å². The van der Waals surface area contributed by atoms with E-state index in [-0.39, 0.29) is 30.4 Å². The zero-order valence-corrected chi connectivity index (χ0v) is 14.4. The quantitative estimate of drug-likeness (QED) is 0.469. The van der Waals surface area contributed by atoms with Crippen molar-refractivity contribution in [3.05, 3.63) is 63.2 Å². The lowest BCUT2D eigenvalue weighted by Gasteiger charge is -2.09. The average Bonchev–Trinajstić information content (AvgIpc) is 3.12. The number of benzene rings is 2. The second-order valence-corrected chi connectivity index (χ2v) is 5.76. The van der Waals surface area contributed by atoms with Gasteiger partial charge in [-0.25, -0.2) is 4.79 Å². The van der Waals surface area contributed by atoms with Crippen LogP contribution in [0.1, 0.15) is 21.5 Å². The van der Waals surface area contributed by atoms with Crippen LogP contribution < -0.4 is 14.8 Å². The number of nitrogens with zero attached hydrogens (tertiary/aromatic N) is 1. The zero-order valence-electron chi connectivity index (χ0n) is 14.4. The number of aryl methyl sites for hydroxylation is 1. The predicted molar refractivity (Wildman–Crippen MR) is 92.5 cm³/mol. The van der Waals surface area contributed by atoms with Gasteiger partial charge in [0.1, 0.15) is 5.56 Å². The fraction of sp³-hybridized carbons (Fsp3) is 0.222. The van der Waals surface area contributed by atoms with Crippen LogP contribution in [-0.4, -0.2) is 30.2 Å². The number of carbonyl (C=O) groups is 2. The normalized spacial score (nSPS) is 11.7. The minimum Gasteiger partial charge on any atom is -0.454 e. The summed E-state index contributed by atoms with van der Waals surface area (Å²) in [5, 5.41) is 13.8. The summed E-state index contributed by atoms with van der Waals surface area (Å²) in [6.07, 6.45) is 0. The van der Waals surface area contributed by atoms with Crippen molar-refractivity contribution >= 4 is 17.6 Å². The molecule has 0 unspecified atom stereocenters. The molecule has 0 bridgehead atoms. The van der Waals surface area contributed by atoms with Crippen molar-refractivity contribution < 1.29 is 28.7 Å². The van der Waals surface area contributed by atoms with E-state index >= 15 is 0 Å². The fourth-order valence-corrected chi connectivity index (χ4v) is 2.51. The predicted octanol–water partition coefficient (Wildman–Crippen LogP) is 2.11. The van der Waals surface area contributed by atoms with Gasteiger partial charge in [-0.15, -0.1) is 0 Å². The summed E-state index contributed by atoms with van der Waals surface area (Å²) < 4.78 is 15.1. The van der Waals surface area contributed by atoms with Crippen LogP contribution in [0.25, 0.3) is 0 Å². The molecule has 140 valence electrons. The molecule has 2 aromatic rings. The highest BCUT2D eigenvalue weighted by molar-refractivity contribution is 5.96. The Morgan fingerprint density at radius 3 is 2.63 bits per heavy atom. The molecule has 0 saturated carbocycles. The maximum absolute atomic E-state index is 12.2. The van der Waals surface area contributed by atoms with E-state index in [1.165, 1.54) is 6.07 Å². The number of fused-ring (bicyclic) bond motifs is 1. The lowest BCUT2D eigenvalue weighted by atomic mass is 10.1. The molecule has 1 amide bonds. The molecule has 3 rings (SSSR count). The van der Waals surface area contributed by atoms with Crippen LogP contribution in [0.3, 0.4) is 0 Å². The van der Waals surface area contributed by atoms with Gasteiger partial charge in [0.2, 0.25) is 6.79 Å². The van der Waals surface area contributed by atoms with Crippen molar-refractivity contribution in [3.63, 3.8) is 0 Å². The Kier molecular flexibility index (Phi) is 5.20. The molecule has 0 radical (unpaired) electrons. The Balaban J connectivity index is 1.61. The van der Waals surface area contributed by atoms with Gasteiger partial charge in [0.25, 0.3) is 11.6 Å². The van der Waals surface area contributed by atoms with Gasteiger partial charge in [0.05, 0.1) is 11.0 Å². The average molecular weight is 372 g/mol. The molecule has 0 aliphatic carbocycles. The molecule has 0 spiro atoms. The summed E-state index contributed by atoms with van der Waals surface area (Å²) in [7, 11) is 0. The molecule has 0 saturated heterocycles. The molecule has 1 aliphatic heterocycles. The number of amides is 1. The van der Waals surface area contributed by atoms with Gasteiger partial charge in [-0.1, -0.05) is 24.3 Å². The Morgan fingerprint density at radius 1 is 1.22 bits per heavy atom. The minimum absolute atomic E-state index is 0.0910. The van der Waals surface area contributed by atoms with Crippen molar-refractivity contribution in [2.75, 3.05) is 13.4 Å². The SMILES string of the molecule is Cc1ccccc1CNC(=O)COC(=O)c1cc2c(cc1[N+](=O)[O-])OCO2. The van der Waals surface area contributed by atoms with Crippen LogP contribution in [0, 0.1) is 17.0 Å². The Hall–Kier alpha value is -3.62. The third kappa shape index (κ3) is 4.14. The van der Waals surface area contributed by atoms with E-state index in [2.05, 4.69) is 5.32 Å². The van der Waals surface area contributed by atoms with Crippen LogP contribution >= 0.6 is 0 Å². The Labute approximate surface area is 154 Å². The highest BCUT2D eigenvalue weighted by Crippen LogP contribution is 2.38. The third-order valence-corrected chi connectivity index (χ3v) is 3.98. The summed E-state index contributed by atoms with van der Waals surface area (Å²) in [5.74, 6) is -1.13. The van der Waals surface area contributed by atoms with E-state index in [4.69, 9.17) is 14.2 Å². The highest BCUT2D eigenvalue weighted by atomic mass is 16.7. The van der Waals surface area contributed by atoms with E-state index in [1.807, 2.05) is 31.2 Å². The Morgan fingerprint density at radius 2 is 1.93 bits per heavy atom. The molecule has 9 heteroatoms. The van der Waals surface area contributed by atoms with E-state index in [1.54, 1.807) is 0 Å². The number of ether oxygens (including phenoxy) is 3. The van der Waals surface area contributed by atoms with Gasteiger partial charge < -0.3 is 19.5 Å². The smallest absolute Gasteiger partial charge is 0.345 e. The van der Waals surface area contributed by atoms with Gasteiger partial charge in [-0.05, 0) is 18.1 Å². The summed E-state index contributed by atoms with van der Waals surface area (Å²) in [6, 6.07) is 9.80. The molecule has 0 fully saturated rings. The van der Waals surface area contributed by atoms with Crippen LogP contribution in [0.4, 0.5) is 5.69 Å². The standard InChI is InChI=1S/C18H16N2O7/c1-11-4-2-3-5-12(11)8-19-17(21)9-25-18(22)13-6-15-16(27-10-26-15)7-14(13)20(23)24/h2-7H,8-10H2,1H3,(H,19,21). The van der Waals surface area contributed by atoms with E-state index in [9.17, 15) is 19.7 Å². The number of nitro benzene ring substituents is 1. The summed E-state index contributed by atoms with van der Waals surface area (Å²) >= 11 is 0. The number of hydrogen-bond acceptors (Lipinski definition) is 7. The lowest BCUT2D eigenvalue weighted by Crippen LogP contribution is -2.28. The molecule has 1 heterocycles. The number of rotatable bonds is 6. The van der Waals surface area contributed by atoms with E-state index < -0.39 is 29.1 Å². The number of nitrogens with one attached hydrogen (secondary N) is 1. The first-order chi connectivity index (χ1) is 13.0. The van der Waals surface area contributed by atoms with E-state index in [0.29, 0.717) is 0 Å². The van der Waals surface area contributed by atoms with Crippen LogP contribution in [0.15, 0.2) is 36.4 Å². The first-order valence-corrected chi connectivity index (χ1v) is 8.02. The summed E-state index contributed by atoms with van der Waals surface area (Å²) in [6.45, 7) is 1.55. The molecular weight excluding hydrogens is 356 g/mol. The second-order valence-electron chi connectivity index (χ2n) is 5.76. The number of hydrogen-bond donors (Lipinski definition) is 1. The molecule has 2 aromatic carbocycles. The third-order valence-electron chi connectivity index (χ3n) is 3.98. The topological polar surface area (TPSA) is 117 Å². The second kappa shape index (κ2) is 7.73. The van der Waals surface area contributed by atoms with Crippen molar-refractivity contribution in [3.8, 4) is 11.5 Å². The molecule has 1 N–H and O–H groups in total. The van der Waals surface area contributed by atoms with Crippen LogP contribution in [0.5, 0.6) is 11.5 Å². The van der Waals surface area contributed by atoms with Crippen molar-refractivity contribution in [2.24, 2.45) is 0 Å². The van der Waals surface area contributed by atoms with Crippen molar-refractivity contribution in [2.45, 2.75) is 13.5 Å². The largest absolute Gasteiger partial charge is 0.454 e. The minimum atomic E-state index is -0.994. The van der Waals surface area contributed by atoms with Gasteiger partial charge in [0.15, 0.2) is 18.1 Å². The maximum Gasteiger partial charge on any atom is 0.345 e. The lowest BCUT2D eigenvalue weighted by molar-refractivity contribution is -0.385. The highest BCUT2D eigenvalue weighted by Gasteiger charge is 2.28. The van der Waals surface area contributed by atoms with Crippen molar-refractivity contribution in [1.82, 2.24) is 5.32 Å². The number of nitro groups is 1. The molecule has 0 aromatic heterocycles.